The summed E-state index contributed by atoms with van der Waals surface area (Å²) in [6, 6.07) is 23.4. The van der Waals surface area contributed by atoms with Gasteiger partial charge in [-0.25, -0.2) is 8.78 Å². The molecule has 0 spiro atoms. The third-order valence-electron chi connectivity index (χ3n) is 5.98. The lowest BCUT2D eigenvalue weighted by atomic mass is 10.1. The lowest BCUT2D eigenvalue weighted by Crippen LogP contribution is -1.81. The monoisotopic (exact) mass is 488 g/mol. The lowest BCUT2D eigenvalue weighted by molar-refractivity contribution is 0.617. The second-order valence-electron chi connectivity index (χ2n) is 9.68. The second kappa shape index (κ2) is 15.0. The molecule has 0 unspecified atom stereocenters. The molecule has 0 amide bonds. The molecule has 0 aromatic heterocycles. The molecule has 0 saturated heterocycles. The average Bonchev–Trinajstić information content (AvgIpc) is 2.81. The van der Waals surface area contributed by atoms with E-state index in [-0.39, 0.29) is 11.6 Å². The van der Waals surface area contributed by atoms with E-state index in [2.05, 4.69) is 77.9 Å². The molecule has 2 heteroatoms. The molecule has 0 saturated carbocycles. The van der Waals surface area contributed by atoms with Crippen LogP contribution in [0.25, 0.3) is 0 Å². The summed E-state index contributed by atoms with van der Waals surface area (Å²) < 4.78 is 25.2. The Hall–Kier alpha value is -3.26. The molecule has 0 N–H and O–H groups in total. The van der Waals surface area contributed by atoms with Crippen LogP contribution >= 0.6 is 0 Å². The van der Waals surface area contributed by atoms with Crippen molar-refractivity contribution >= 4 is 0 Å². The van der Waals surface area contributed by atoms with Crippen LogP contribution in [-0.2, 0) is 0 Å². The minimum Gasteiger partial charge on any atom is -0.207 e. The number of halogens is 2. The molecule has 0 radical (unpaired) electrons. The van der Waals surface area contributed by atoms with Gasteiger partial charge in [0.05, 0.1) is 0 Å². The third-order valence-corrected chi connectivity index (χ3v) is 5.98. The van der Waals surface area contributed by atoms with Crippen LogP contribution in [0.5, 0.6) is 0 Å². The van der Waals surface area contributed by atoms with Crippen molar-refractivity contribution in [2.45, 2.75) is 69.2 Å². The van der Waals surface area contributed by atoms with Crippen LogP contribution in [0, 0.1) is 80.9 Å². The maximum absolute atomic E-state index is 12.6. The Balaban J connectivity index is 0.000000240. The summed E-state index contributed by atoms with van der Waals surface area (Å²) >= 11 is 0. The van der Waals surface area contributed by atoms with Crippen molar-refractivity contribution in [1.82, 2.24) is 0 Å². The predicted octanol–water partition coefficient (Wildman–Crippen LogP) is 10.1. The van der Waals surface area contributed by atoms with Gasteiger partial charge in [-0.05, 0) is 126 Å². The normalized spacial score (nSPS) is 9.67. The highest BCUT2D eigenvalue weighted by molar-refractivity contribution is 5.29. The summed E-state index contributed by atoms with van der Waals surface area (Å²) in [6.07, 6.45) is 0. The highest BCUT2D eigenvalue weighted by atomic mass is 19.1. The first-order valence-electron chi connectivity index (χ1n) is 12.3. The molecule has 0 bridgehead atoms. The highest BCUT2D eigenvalue weighted by Crippen LogP contribution is 2.09. The third kappa shape index (κ3) is 11.4. The molecular weight excluding hydrogens is 446 g/mol. The Labute approximate surface area is 218 Å². The molecule has 0 fully saturated rings. The van der Waals surface area contributed by atoms with E-state index in [1.807, 2.05) is 26.0 Å². The number of aryl methyl sites for hydroxylation is 10. The Bertz CT molecular complexity index is 1050. The molecule has 0 aliphatic rings. The van der Waals surface area contributed by atoms with E-state index in [0.29, 0.717) is 11.1 Å². The van der Waals surface area contributed by atoms with E-state index in [1.54, 1.807) is 26.0 Å². The molecule has 4 aromatic rings. The van der Waals surface area contributed by atoms with Crippen LogP contribution in [0.15, 0.2) is 72.8 Å². The Morgan fingerprint density at radius 2 is 0.556 bits per heavy atom. The molecular formula is C34H42F2. The molecule has 0 aliphatic carbocycles. The zero-order chi connectivity index (χ0) is 27.4. The fourth-order valence-corrected chi connectivity index (χ4v) is 3.18. The van der Waals surface area contributed by atoms with Crippen LogP contribution in [0.3, 0.4) is 0 Å². The summed E-state index contributed by atoms with van der Waals surface area (Å²) in [5, 5.41) is 0. The van der Waals surface area contributed by atoms with Crippen molar-refractivity contribution < 1.29 is 8.78 Å². The van der Waals surface area contributed by atoms with Gasteiger partial charge in [-0.2, -0.15) is 0 Å². The van der Waals surface area contributed by atoms with Gasteiger partial charge in [0, 0.05) is 0 Å². The minimum atomic E-state index is -0.116. The van der Waals surface area contributed by atoms with Crippen molar-refractivity contribution in [1.29, 1.82) is 0 Å². The fraction of sp³-hybridized carbons (Fsp3) is 0.294. The van der Waals surface area contributed by atoms with Crippen LogP contribution in [0.1, 0.15) is 55.6 Å². The summed E-state index contributed by atoms with van der Waals surface area (Å²) in [4.78, 5) is 0. The maximum Gasteiger partial charge on any atom is 0.126 e. The van der Waals surface area contributed by atoms with Gasteiger partial charge in [-0.15, -0.1) is 0 Å². The zero-order valence-corrected chi connectivity index (χ0v) is 23.7. The van der Waals surface area contributed by atoms with Crippen molar-refractivity contribution in [3.05, 3.63) is 140 Å². The van der Waals surface area contributed by atoms with Crippen molar-refractivity contribution in [2.24, 2.45) is 0 Å². The van der Waals surface area contributed by atoms with Gasteiger partial charge >= 0.3 is 0 Å². The van der Waals surface area contributed by atoms with Gasteiger partial charge in [0.1, 0.15) is 11.6 Å². The van der Waals surface area contributed by atoms with E-state index in [9.17, 15) is 8.78 Å². The summed E-state index contributed by atoms with van der Waals surface area (Å²) in [6.45, 7) is 20.1. The van der Waals surface area contributed by atoms with Crippen LogP contribution < -0.4 is 0 Å². The van der Waals surface area contributed by atoms with E-state index >= 15 is 0 Å². The van der Waals surface area contributed by atoms with Gasteiger partial charge in [0.2, 0.25) is 0 Å². The molecule has 4 aromatic carbocycles. The topological polar surface area (TPSA) is 0 Å². The Morgan fingerprint density at radius 1 is 0.306 bits per heavy atom. The number of hydrogen-bond acceptors (Lipinski definition) is 0. The molecule has 0 atom stereocenters. The minimum absolute atomic E-state index is 0.116. The SMILES string of the molecule is Cc1ccc(C)c(C)c1.Cc1ccc(C)c(C)c1.Cc1ccc(C)c(F)c1.Cc1ccc(C)c(F)c1. The number of hydrogen-bond donors (Lipinski definition) is 0. The van der Waals surface area contributed by atoms with Gasteiger partial charge in [0.15, 0.2) is 0 Å². The van der Waals surface area contributed by atoms with Gasteiger partial charge in [0.25, 0.3) is 0 Å². The quantitative estimate of drug-likeness (QED) is 0.231. The van der Waals surface area contributed by atoms with Crippen molar-refractivity contribution in [3.8, 4) is 0 Å². The first-order chi connectivity index (χ1) is 16.8. The Kier molecular flexibility index (Phi) is 12.8. The smallest absolute Gasteiger partial charge is 0.126 e. The van der Waals surface area contributed by atoms with Crippen molar-refractivity contribution in [2.75, 3.05) is 0 Å². The summed E-state index contributed by atoms with van der Waals surface area (Å²) in [5.41, 5.74) is 11.6. The first kappa shape index (κ1) is 30.8. The molecule has 36 heavy (non-hydrogen) atoms. The molecule has 192 valence electrons. The number of rotatable bonds is 0. The predicted molar refractivity (Wildman–Crippen MR) is 153 cm³/mol. The molecule has 0 heterocycles. The zero-order valence-electron chi connectivity index (χ0n) is 23.7. The van der Waals surface area contributed by atoms with E-state index in [1.165, 1.54) is 45.5 Å². The van der Waals surface area contributed by atoms with Gasteiger partial charge < -0.3 is 0 Å². The summed E-state index contributed by atoms with van der Waals surface area (Å²) in [5.74, 6) is -0.231. The standard InChI is InChI=1S/2C9H12.2C8H9F/c2*1-7-4-5-8(2)9(3)6-7;2*1-6-3-4-7(2)8(9)5-6/h2*4-6H,1-3H3;2*3-5H,1-2H3. The molecule has 0 nitrogen and oxygen atoms in total. The second-order valence-corrected chi connectivity index (χ2v) is 9.68. The van der Waals surface area contributed by atoms with Crippen LogP contribution in [0.2, 0.25) is 0 Å². The summed E-state index contributed by atoms with van der Waals surface area (Å²) in [7, 11) is 0. The number of benzene rings is 4. The van der Waals surface area contributed by atoms with Crippen molar-refractivity contribution in [3.63, 3.8) is 0 Å². The molecule has 4 rings (SSSR count). The highest BCUT2D eigenvalue weighted by Gasteiger charge is 1.94. The van der Waals surface area contributed by atoms with E-state index in [4.69, 9.17) is 0 Å². The van der Waals surface area contributed by atoms with E-state index < -0.39 is 0 Å². The largest absolute Gasteiger partial charge is 0.207 e. The van der Waals surface area contributed by atoms with Gasteiger partial charge in [-0.1, -0.05) is 71.8 Å². The van der Waals surface area contributed by atoms with Gasteiger partial charge in [-0.3, -0.25) is 0 Å². The van der Waals surface area contributed by atoms with Crippen LogP contribution in [-0.4, -0.2) is 0 Å². The molecule has 0 aliphatic heterocycles. The average molecular weight is 489 g/mol. The maximum atomic E-state index is 12.6. The van der Waals surface area contributed by atoms with Crippen LogP contribution in [0.4, 0.5) is 8.78 Å². The fourth-order valence-electron chi connectivity index (χ4n) is 3.18. The first-order valence-corrected chi connectivity index (χ1v) is 12.3. The van der Waals surface area contributed by atoms with E-state index in [0.717, 1.165) is 11.1 Å². The lowest BCUT2D eigenvalue weighted by Gasteiger charge is -1.98. The Morgan fingerprint density at radius 3 is 0.750 bits per heavy atom.